The highest BCUT2D eigenvalue weighted by Crippen LogP contribution is 2.43. The van der Waals surface area contributed by atoms with Crippen molar-refractivity contribution < 1.29 is 29.0 Å². The minimum Gasteiger partial charge on any atom is -0.497 e. The lowest BCUT2D eigenvalue weighted by atomic mass is 10.0. The van der Waals surface area contributed by atoms with Gasteiger partial charge in [-0.1, -0.05) is 0 Å². The number of hydrogen-bond acceptors (Lipinski definition) is 6. The molecule has 0 aliphatic carbocycles. The molecule has 0 saturated heterocycles. The maximum atomic E-state index is 12.0. The smallest absolute Gasteiger partial charge is 0.353 e. The topological polar surface area (TPSA) is 124 Å². The van der Waals surface area contributed by atoms with E-state index in [2.05, 4.69) is 4.98 Å². The van der Waals surface area contributed by atoms with Crippen LogP contribution in [0, 0.1) is 10.1 Å². The summed E-state index contributed by atoms with van der Waals surface area (Å²) in [6.45, 7) is 0. The summed E-state index contributed by atoms with van der Waals surface area (Å²) >= 11 is 0. The van der Waals surface area contributed by atoms with Gasteiger partial charge in [-0.15, -0.1) is 0 Å². The number of hydrogen-bond donors (Lipinski definition) is 2. The van der Waals surface area contributed by atoms with E-state index in [1.54, 1.807) is 30.3 Å². The molecular weight excluding hydrogens is 380 g/mol. The molecule has 0 aliphatic rings. The molecule has 0 aliphatic heterocycles. The highest BCUT2D eigenvalue weighted by molar-refractivity contribution is 6.01. The number of carbonyl (C=O) groups is 1. The van der Waals surface area contributed by atoms with Crippen molar-refractivity contribution in [2.24, 2.45) is 0 Å². The monoisotopic (exact) mass is 398 g/mol. The second-order valence-electron chi connectivity index (χ2n) is 5.99. The molecule has 3 aromatic rings. The Kier molecular flexibility index (Phi) is 5.40. The zero-order chi connectivity index (χ0) is 21.1. The summed E-state index contributed by atoms with van der Waals surface area (Å²) in [6, 6.07) is 11.1. The summed E-state index contributed by atoms with van der Waals surface area (Å²) in [7, 11) is 4.37. The lowest BCUT2D eigenvalue weighted by Crippen LogP contribution is -2.00. The summed E-state index contributed by atoms with van der Waals surface area (Å²) in [5, 5.41) is 21.7. The molecule has 1 heterocycles. The maximum absolute atomic E-state index is 12.0. The SMILES string of the molecule is COc1ccc(-c2[nH]c(C(=O)O)c(-c3cc(OC)cc(OC)c3)c2[N+](=O)[O-])cc1. The molecule has 2 aromatic carbocycles. The number of carboxylic acid groups (broad SMARTS) is 1. The summed E-state index contributed by atoms with van der Waals surface area (Å²) in [5.74, 6) is -0.0156. The van der Waals surface area contributed by atoms with Gasteiger partial charge in [-0.05, 0) is 42.0 Å². The van der Waals surface area contributed by atoms with Crippen molar-refractivity contribution in [3.8, 4) is 39.6 Å². The van der Waals surface area contributed by atoms with Crippen LogP contribution in [0.1, 0.15) is 10.5 Å². The van der Waals surface area contributed by atoms with Gasteiger partial charge in [-0.2, -0.15) is 0 Å². The van der Waals surface area contributed by atoms with Crippen LogP contribution >= 0.6 is 0 Å². The molecule has 0 saturated carbocycles. The van der Waals surface area contributed by atoms with Gasteiger partial charge in [0.1, 0.15) is 28.6 Å². The number of aromatic nitrogens is 1. The van der Waals surface area contributed by atoms with Gasteiger partial charge in [-0.25, -0.2) is 4.79 Å². The van der Waals surface area contributed by atoms with Crippen molar-refractivity contribution >= 4 is 11.7 Å². The highest BCUT2D eigenvalue weighted by atomic mass is 16.6. The van der Waals surface area contributed by atoms with E-state index in [1.807, 2.05) is 0 Å². The molecule has 1 aromatic heterocycles. The van der Waals surface area contributed by atoms with Crippen molar-refractivity contribution in [3.63, 3.8) is 0 Å². The van der Waals surface area contributed by atoms with E-state index in [9.17, 15) is 20.0 Å². The van der Waals surface area contributed by atoms with Crippen LogP contribution in [0.25, 0.3) is 22.4 Å². The lowest BCUT2D eigenvalue weighted by Gasteiger charge is -2.08. The van der Waals surface area contributed by atoms with E-state index in [0.717, 1.165) is 0 Å². The summed E-state index contributed by atoms with van der Waals surface area (Å²) in [4.78, 5) is 25.9. The van der Waals surface area contributed by atoms with Crippen LogP contribution in [0.2, 0.25) is 0 Å². The predicted molar refractivity (Wildman–Crippen MR) is 105 cm³/mol. The van der Waals surface area contributed by atoms with Crippen LogP contribution in [0.4, 0.5) is 5.69 Å². The third-order valence-electron chi connectivity index (χ3n) is 4.39. The standard InChI is InChI=1S/C20H18N2O7/c1-27-13-6-4-11(5-7-13)17-19(22(25)26)16(18(21-17)20(23)24)12-8-14(28-2)10-15(9-12)29-3/h4-10,21H,1-3H3,(H,23,24). The molecule has 2 N–H and O–H groups in total. The molecular formula is C20H18N2O7. The fourth-order valence-electron chi connectivity index (χ4n) is 3.03. The maximum Gasteiger partial charge on any atom is 0.353 e. The second-order valence-corrected chi connectivity index (χ2v) is 5.99. The Balaban J connectivity index is 2.32. The van der Waals surface area contributed by atoms with Crippen molar-refractivity contribution in [1.82, 2.24) is 4.98 Å². The van der Waals surface area contributed by atoms with E-state index >= 15 is 0 Å². The largest absolute Gasteiger partial charge is 0.497 e. The van der Waals surface area contributed by atoms with Crippen LogP contribution in [-0.2, 0) is 0 Å². The van der Waals surface area contributed by atoms with Crippen LogP contribution in [-0.4, -0.2) is 42.3 Å². The molecule has 3 rings (SSSR count). The average molecular weight is 398 g/mol. The number of benzene rings is 2. The Labute approximate surface area is 165 Å². The fourth-order valence-corrected chi connectivity index (χ4v) is 3.03. The quantitative estimate of drug-likeness (QED) is 0.456. The molecule has 0 fully saturated rings. The summed E-state index contributed by atoms with van der Waals surface area (Å²) < 4.78 is 15.5. The number of ether oxygens (including phenoxy) is 3. The van der Waals surface area contributed by atoms with Crippen molar-refractivity contribution in [3.05, 3.63) is 58.3 Å². The van der Waals surface area contributed by atoms with Gasteiger partial charge in [0.05, 0.1) is 31.8 Å². The zero-order valence-electron chi connectivity index (χ0n) is 15.9. The summed E-state index contributed by atoms with van der Waals surface area (Å²) in [5.41, 5.74) is 0.0699. The lowest BCUT2D eigenvalue weighted by molar-refractivity contribution is -0.383. The highest BCUT2D eigenvalue weighted by Gasteiger charge is 2.32. The van der Waals surface area contributed by atoms with Gasteiger partial charge in [0.25, 0.3) is 0 Å². The molecule has 150 valence electrons. The van der Waals surface area contributed by atoms with Crippen molar-refractivity contribution in [2.75, 3.05) is 21.3 Å². The first kappa shape index (κ1) is 19.7. The van der Waals surface area contributed by atoms with E-state index in [0.29, 0.717) is 22.8 Å². The van der Waals surface area contributed by atoms with E-state index in [1.165, 1.54) is 33.5 Å². The average Bonchev–Trinajstić information content (AvgIpc) is 3.14. The van der Waals surface area contributed by atoms with Gasteiger partial charge < -0.3 is 24.3 Å². The number of nitrogens with one attached hydrogen (secondary N) is 1. The first-order valence-electron chi connectivity index (χ1n) is 8.41. The van der Waals surface area contributed by atoms with Crippen molar-refractivity contribution in [1.29, 1.82) is 0 Å². The van der Waals surface area contributed by atoms with Gasteiger partial charge in [0, 0.05) is 11.6 Å². The first-order valence-corrected chi connectivity index (χ1v) is 8.41. The number of methoxy groups -OCH3 is 3. The minimum atomic E-state index is -1.33. The normalized spacial score (nSPS) is 10.4. The predicted octanol–water partition coefficient (Wildman–Crippen LogP) is 3.98. The fraction of sp³-hybridized carbons (Fsp3) is 0.150. The third kappa shape index (κ3) is 3.70. The number of aromatic carboxylic acids is 1. The Morgan fingerprint density at radius 1 is 0.931 bits per heavy atom. The molecule has 0 radical (unpaired) electrons. The van der Waals surface area contributed by atoms with E-state index in [4.69, 9.17) is 14.2 Å². The van der Waals surface area contributed by atoms with Crippen LogP contribution in [0.3, 0.4) is 0 Å². The summed E-state index contributed by atoms with van der Waals surface area (Å²) in [6.07, 6.45) is 0. The van der Waals surface area contributed by atoms with Gasteiger partial charge in [0.2, 0.25) is 0 Å². The molecule has 9 nitrogen and oxygen atoms in total. The Morgan fingerprint density at radius 2 is 1.48 bits per heavy atom. The molecule has 0 spiro atoms. The second kappa shape index (κ2) is 7.93. The van der Waals surface area contributed by atoms with E-state index < -0.39 is 10.9 Å². The van der Waals surface area contributed by atoms with Gasteiger partial charge in [0.15, 0.2) is 0 Å². The molecule has 0 unspecified atom stereocenters. The van der Waals surface area contributed by atoms with Crippen LogP contribution in [0.5, 0.6) is 17.2 Å². The first-order chi connectivity index (χ1) is 13.9. The number of nitro groups is 1. The van der Waals surface area contributed by atoms with Crippen LogP contribution < -0.4 is 14.2 Å². The Hall–Kier alpha value is -4.01. The molecule has 29 heavy (non-hydrogen) atoms. The number of nitrogens with zero attached hydrogens (tertiary/aromatic N) is 1. The number of H-pyrrole nitrogens is 1. The number of carboxylic acids is 1. The molecule has 9 heteroatoms. The third-order valence-corrected chi connectivity index (χ3v) is 4.39. The zero-order valence-corrected chi connectivity index (χ0v) is 15.9. The van der Waals surface area contributed by atoms with E-state index in [-0.39, 0.29) is 28.2 Å². The molecule has 0 amide bonds. The number of aromatic amines is 1. The molecule has 0 atom stereocenters. The minimum absolute atomic E-state index is 0.0643. The Morgan fingerprint density at radius 3 is 1.93 bits per heavy atom. The molecule has 0 bridgehead atoms. The van der Waals surface area contributed by atoms with Gasteiger partial charge >= 0.3 is 11.7 Å². The number of rotatable bonds is 7. The van der Waals surface area contributed by atoms with Crippen LogP contribution in [0.15, 0.2) is 42.5 Å². The van der Waals surface area contributed by atoms with Crippen molar-refractivity contribution in [2.45, 2.75) is 0 Å². The van der Waals surface area contributed by atoms with Gasteiger partial charge in [-0.3, -0.25) is 10.1 Å². The Bertz CT molecular complexity index is 1050.